The summed E-state index contributed by atoms with van der Waals surface area (Å²) in [7, 11) is 3.74. The van der Waals surface area contributed by atoms with Crippen molar-refractivity contribution in [2.45, 2.75) is 51.7 Å². The molecule has 1 saturated heterocycles. The van der Waals surface area contributed by atoms with Crippen LogP contribution in [0.3, 0.4) is 0 Å². The van der Waals surface area contributed by atoms with Gasteiger partial charge in [0.2, 0.25) is 5.91 Å². The van der Waals surface area contributed by atoms with E-state index in [9.17, 15) is 4.79 Å². The highest BCUT2D eigenvalue weighted by molar-refractivity contribution is 7.80. The van der Waals surface area contributed by atoms with Crippen LogP contribution in [0.15, 0.2) is 66.9 Å². The number of benzene rings is 2. The lowest BCUT2D eigenvalue weighted by atomic mass is 9.86. The van der Waals surface area contributed by atoms with Crippen molar-refractivity contribution in [1.29, 1.82) is 0 Å². The quantitative estimate of drug-likeness (QED) is 0.358. The highest BCUT2D eigenvalue weighted by Crippen LogP contribution is 2.46. The molecule has 39 heavy (non-hydrogen) atoms. The minimum absolute atomic E-state index is 0.0664. The van der Waals surface area contributed by atoms with E-state index in [1.165, 1.54) is 16.8 Å². The lowest BCUT2D eigenvalue weighted by Gasteiger charge is -2.41. The second-order valence-electron chi connectivity index (χ2n) is 10.6. The molecule has 2 aliphatic rings. The third-order valence-corrected chi connectivity index (χ3v) is 8.05. The van der Waals surface area contributed by atoms with E-state index in [4.69, 9.17) is 17.0 Å². The summed E-state index contributed by atoms with van der Waals surface area (Å²) < 4.78 is 5.67. The highest BCUT2D eigenvalue weighted by Gasteiger charge is 2.41. The Kier molecular flexibility index (Phi) is 7.07. The van der Waals surface area contributed by atoms with Crippen molar-refractivity contribution in [2.75, 3.05) is 29.3 Å². The summed E-state index contributed by atoms with van der Waals surface area (Å²) in [5.74, 6) is 0.503. The molecule has 5 rings (SSSR count). The Hall–Kier alpha value is -3.91. The number of pyridine rings is 1. The molecule has 3 aromatic rings. The number of carbonyl (C=O) groups excluding carboxylic acids is 1. The van der Waals surface area contributed by atoms with Gasteiger partial charge in [-0.25, -0.2) is 0 Å². The molecule has 2 N–H and O–H groups in total. The zero-order valence-electron chi connectivity index (χ0n) is 23.3. The first-order valence-corrected chi connectivity index (χ1v) is 13.6. The molecule has 2 atom stereocenters. The number of hydrogen-bond donors (Lipinski definition) is 2. The maximum atomic E-state index is 12.1. The molecule has 1 aromatic heterocycles. The lowest BCUT2D eigenvalue weighted by molar-refractivity contribution is -0.115. The Labute approximate surface area is 235 Å². The van der Waals surface area contributed by atoms with Gasteiger partial charge in [0.15, 0.2) is 5.11 Å². The number of hydrogen-bond acceptors (Lipinski definition) is 5. The van der Waals surface area contributed by atoms with Gasteiger partial charge in [-0.2, -0.15) is 0 Å². The van der Waals surface area contributed by atoms with E-state index in [2.05, 4.69) is 77.5 Å². The van der Waals surface area contributed by atoms with E-state index in [1.54, 1.807) is 7.11 Å². The van der Waals surface area contributed by atoms with E-state index in [1.807, 2.05) is 49.5 Å². The molecule has 2 aromatic carbocycles. The van der Waals surface area contributed by atoms with E-state index in [0.29, 0.717) is 23.0 Å². The number of thiocarbonyl (C=S) groups is 1. The fourth-order valence-corrected chi connectivity index (χ4v) is 5.85. The summed E-state index contributed by atoms with van der Waals surface area (Å²) in [5.41, 5.74) is 7.13. The molecule has 0 saturated carbocycles. The van der Waals surface area contributed by atoms with Gasteiger partial charge >= 0.3 is 0 Å². The van der Waals surface area contributed by atoms with Crippen LogP contribution in [0.5, 0.6) is 5.75 Å². The first-order valence-electron chi connectivity index (χ1n) is 13.2. The number of anilines is 3. The van der Waals surface area contributed by atoms with Gasteiger partial charge in [-0.1, -0.05) is 25.1 Å². The van der Waals surface area contributed by atoms with Crippen molar-refractivity contribution >= 4 is 45.9 Å². The zero-order chi connectivity index (χ0) is 27.9. The number of aromatic nitrogens is 1. The highest BCUT2D eigenvalue weighted by atomic mass is 32.1. The Morgan fingerprint density at radius 2 is 1.97 bits per heavy atom. The van der Waals surface area contributed by atoms with Crippen LogP contribution in [0.2, 0.25) is 0 Å². The van der Waals surface area contributed by atoms with E-state index in [-0.39, 0.29) is 23.5 Å². The van der Waals surface area contributed by atoms with Crippen LogP contribution in [0, 0.1) is 0 Å². The van der Waals surface area contributed by atoms with Crippen LogP contribution in [0.1, 0.15) is 63.0 Å². The fraction of sp³-hybridized carbons (Fsp3) is 0.323. The number of methoxy groups -OCH3 is 1. The Balaban J connectivity index is 1.63. The van der Waals surface area contributed by atoms with Crippen molar-refractivity contribution in [1.82, 2.24) is 10.3 Å². The lowest BCUT2D eigenvalue weighted by Crippen LogP contribution is -2.42. The average Bonchev–Trinajstić information content (AvgIpc) is 3.28. The van der Waals surface area contributed by atoms with Crippen LogP contribution >= 0.6 is 12.2 Å². The molecule has 7 nitrogen and oxygen atoms in total. The molecule has 2 aliphatic heterocycles. The van der Waals surface area contributed by atoms with Crippen molar-refractivity contribution in [3.05, 3.63) is 83.7 Å². The van der Waals surface area contributed by atoms with E-state index in [0.717, 1.165) is 16.9 Å². The maximum absolute atomic E-state index is 12.1. The molecule has 2 unspecified atom stereocenters. The first-order chi connectivity index (χ1) is 18.6. The van der Waals surface area contributed by atoms with Crippen LogP contribution in [-0.2, 0) is 4.79 Å². The number of allylic oxidation sites excluding steroid dienone is 1. The summed E-state index contributed by atoms with van der Waals surface area (Å²) in [6.07, 6.45) is 4.51. The van der Waals surface area contributed by atoms with Crippen molar-refractivity contribution in [2.24, 2.45) is 0 Å². The van der Waals surface area contributed by atoms with Gasteiger partial charge in [0.05, 0.1) is 36.1 Å². The number of fused-ring (bicyclic) bond motifs is 1. The Bertz CT molecular complexity index is 1450. The third kappa shape index (κ3) is 4.85. The Morgan fingerprint density at radius 1 is 1.18 bits per heavy atom. The van der Waals surface area contributed by atoms with Crippen LogP contribution in [0.25, 0.3) is 5.57 Å². The van der Waals surface area contributed by atoms with Gasteiger partial charge in [0.1, 0.15) is 5.75 Å². The van der Waals surface area contributed by atoms with Gasteiger partial charge < -0.3 is 25.2 Å². The summed E-state index contributed by atoms with van der Waals surface area (Å²) in [4.78, 5) is 21.2. The van der Waals surface area contributed by atoms with Gasteiger partial charge in [-0.3, -0.25) is 9.78 Å². The second kappa shape index (κ2) is 10.3. The van der Waals surface area contributed by atoms with Crippen molar-refractivity contribution in [3.63, 3.8) is 0 Å². The number of likely N-dealkylation sites (N-methyl/N-ethyl adjacent to an activating group) is 1. The smallest absolute Gasteiger partial charge is 0.224 e. The van der Waals surface area contributed by atoms with Gasteiger partial charge in [-0.05, 0) is 80.5 Å². The van der Waals surface area contributed by atoms with Crippen molar-refractivity contribution < 1.29 is 9.53 Å². The zero-order valence-corrected chi connectivity index (χ0v) is 24.1. The molecule has 1 amide bonds. The molecule has 0 bridgehead atoms. The molecular weight excluding hydrogens is 506 g/mol. The number of amides is 1. The predicted octanol–water partition coefficient (Wildman–Crippen LogP) is 6.25. The number of ether oxygens (including phenoxy) is 1. The topological polar surface area (TPSA) is 69.7 Å². The Morgan fingerprint density at radius 3 is 2.67 bits per heavy atom. The fourth-order valence-electron chi connectivity index (χ4n) is 5.50. The maximum Gasteiger partial charge on any atom is 0.224 e. The van der Waals surface area contributed by atoms with Gasteiger partial charge in [0.25, 0.3) is 0 Å². The number of nitrogens with zero attached hydrogens (tertiary/aromatic N) is 3. The largest absolute Gasteiger partial charge is 0.494 e. The summed E-state index contributed by atoms with van der Waals surface area (Å²) in [6.45, 7) is 8.45. The number of rotatable bonds is 6. The van der Waals surface area contributed by atoms with E-state index >= 15 is 0 Å². The number of carbonyl (C=O) groups is 1. The summed E-state index contributed by atoms with van der Waals surface area (Å²) in [5, 5.41) is 7.05. The van der Waals surface area contributed by atoms with Gasteiger partial charge in [0, 0.05) is 42.7 Å². The number of nitrogens with one attached hydrogen (secondary N) is 2. The molecule has 202 valence electrons. The molecule has 1 fully saturated rings. The average molecular weight is 542 g/mol. The monoisotopic (exact) mass is 541 g/mol. The summed E-state index contributed by atoms with van der Waals surface area (Å²) >= 11 is 5.93. The minimum atomic E-state index is -0.163. The minimum Gasteiger partial charge on any atom is -0.494 e. The standard InChI is InChI=1S/C31H35N5O2S/c1-7-27(37)33-23-13-12-21(17-26(23)38-6)36-29(28(34-30(36)39)24-10-8-9-15-32-24)20-11-14-25-22(16-20)19(2)18-31(3,4)35(25)5/h8-18,28-29H,7H2,1-6H3,(H,33,37)(H,34,39). The summed E-state index contributed by atoms with van der Waals surface area (Å²) in [6, 6.07) is 18.1. The van der Waals surface area contributed by atoms with Crippen LogP contribution in [-0.4, -0.2) is 35.7 Å². The molecule has 3 heterocycles. The molecule has 8 heteroatoms. The van der Waals surface area contributed by atoms with E-state index < -0.39 is 0 Å². The first kappa shape index (κ1) is 26.7. The van der Waals surface area contributed by atoms with Crippen LogP contribution in [0.4, 0.5) is 17.1 Å². The van der Waals surface area contributed by atoms with Crippen molar-refractivity contribution in [3.8, 4) is 5.75 Å². The van der Waals surface area contributed by atoms with Crippen LogP contribution < -0.4 is 25.2 Å². The van der Waals surface area contributed by atoms with Gasteiger partial charge in [-0.15, -0.1) is 0 Å². The predicted molar refractivity (Wildman–Crippen MR) is 162 cm³/mol. The third-order valence-electron chi connectivity index (χ3n) is 7.74. The molecule has 0 aliphatic carbocycles. The molecule has 0 radical (unpaired) electrons. The second-order valence-corrected chi connectivity index (χ2v) is 11.0. The molecular formula is C31H35N5O2S. The SMILES string of the molecule is CCC(=O)Nc1ccc(N2C(=S)NC(c3ccccn3)C2c2ccc3c(c2)C(C)=CC(C)(C)N3C)cc1OC. The molecule has 0 spiro atoms. The normalized spacial score (nSPS) is 19.7.